The molecule has 0 aliphatic rings. The van der Waals surface area contributed by atoms with E-state index >= 15 is 0 Å². The number of benzene rings is 1. The van der Waals surface area contributed by atoms with Gasteiger partial charge < -0.3 is 10.4 Å². The molecule has 0 saturated carbocycles. The number of amides is 1. The molecule has 1 aromatic carbocycles. The van der Waals surface area contributed by atoms with Crippen LogP contribution in [0.3, 0.4) is 0 Å². The monoisotopic (exact) mass is 267 g/mol. The van der Waals surface area contributed by atoms with Crippen LogP contribution < -0.4 is 5.32 Å². The Labute approximate surface area is 111 Å². The first-order valence-electron chi connectivity index (χ1n) is 5.96. The quantitative estimate of drug-likeness (QED) is 0.884. The molecule has 0 saturated heterocycles. The van der Waals surface area contributed by atoms with Gasteiger partial charge in [-0.1, -0.05) is 27.7 Å². The van der Waals surface area contributed by atoms with Crippen LogP contribution in [-0.2, 0) is 4.79 Å². The van der Waals surface area contributed by atoms with Crippen molar-refractivity contribution in [1.29, 1.82) is 0 Å². The van der Waals surface area contributed by atoms with Gasteiger partial charge in [-0.15, -0.1) is 0 Å². The van der Waals surface area contributed by atoms with E-state index in [9.17, 15) is 14.0 Å². The van der Waals surface area contributed by atoms with E-state index < -0.39 is 11.8 Å². The largest absolute Gasteiger partial charge is 0.478 e. The van der Waals surface area contributed by atoms with Gasteiger partial charge in [0.2, 0.25) is 5.91 Å². The third-order valence-electron chi connectivity index (χ3n) is 3.17. The summed E-state index contributed by atoms with van der Waals surface area (Å²) in [6.45, 7) is 7.52. The van der Waals surface area contributed by atoms with E-state index in [1.54, 1.807) is 6.92 Å². The summed E-state index contributed by atoms with van der Waals surface area (Å²) in [6.07, 6.45) is 0. The lowest BCUT2D eigenvalue weighted by Crippen LogP contribution is -2.31. The van der Waals surface area contributed by atoms with Gasteiger partial charge in [-0.2, -0.15) is 0 Å². The van der Waals surface area contributed by atoms with Crippen molar-refractivity contribution in [1.82, 2.24) is 0 Å². The molecule has 19 heavy (non-hydrogen) atoms. The first kappa shape index (κ1) is 15.1. The summed E-state index contributed by atoms with van der Waals surface area (Å²) in [5, 5.41) is 11.2. The molecule has 0 aromatic heterocycles. The third-order valence-corrected chi connectivity index (χ3v) is 3.17. The number of nitrogens with one attached hydrogen (secondary N) is 1. The zero-order valence-corrected chi connectivity index (χ0v) is 11.5. The lowest BCUT2D eigenvalue weighted by molar-refractivity contribution is -0.122. The van der Waals surface area contributed by atoms with Crippen LogP contribution >= 0.6 is 0 Å². The van der Waals surface area contributed by atoms with E-state index in [-0.39, 0.29) is 28.5 Å². The second-order valence-corrected chi connectivity index (χ2v) is 5.58. The van der Waals surface area contributed by atoms with Crippen molar-refractivity contribution in [2.24, 2.45) is 11.3 Å². The number of carboxylic acid groups (broad SMARTS) is 1. The fourth-order valence-electron chi connectivity index (χ4n) is 1.38. The smallest absolute Gasteiger partial charge is 0.335 e. The van der Waals surface area contributed by atoms with Crippen LogP contribution in [-0.4, -0.2) is 17.0 Å². The molecular weight excluding hydrogens is 249 g/mol. The van der Waals surface area contributed by atoms with Gasteiger partial charge in [-0.25, -0.2) is 9.18 Å². The highest BCUT2D eigenvalue weighted by Crippen LogP contribution is 2.27. The Morgan fingerprint density at radius 2 is 1.89 bits per heavy atom. The van der Waals surface area contributed by atoms with Crippen LogP contribution in [0, 0.1) is 17.2 Å². The molecule has 0 bridgehead atoms. The van der Waals surface area contributed by atoms with E-state index in [1.165, 1.54) is 12.1 Å². The van der Waals surface area contributed by atoms with Crippen LogP contribution in [0.5, 0.6) is 0 Å². The predicted molar refractivity (Wildman–Crippen MR) is 70.6 cm³/mol. The number of hydrogen-bond donors (Lipinski definition) is 2. The molecule has 0 spiro atoms. The van der Waals surface area contributed by atoms with Gasteiger partial charge in [0.25, 0.3) is 0 Å². The van der Waals surface area contributed by atoms with E-state index in [1.807, 2.05) is 20.8 Å². The fraction of sp³-hybridized carbons (Fsp3) is 0.429. The molecule has 4 nitrogen and oxygen atoms in total. The van der Waals surface area contributed by atoms with Crippen molar-refractivity contribution in [2.45, 2.75) is 27.7 Å². The Morgan fingerprint density at radius 1 is 1.32 bits per heavy atom. The Balaban J connectivity index is 2.89. The average Bonchev–Trinajstić information content (AvgIpc) is 2.29. The number of carboxylic acids is 1. The second kappa shape index (κ2) is 5.38. The lowest BCUT2D eigenvalue weighted by Gasteiger charge is -2.26. The summed E-state index contributed by atoms with van der Waals surface area (Å²) in [6, 6.07) is 3.40. The minimum Gasteiger partial charge on any atom is -0.478 e. The number of hydrogen-bond acceptors (Lipinski definition) is 2. The number of aromatic carboxylic acids is 1. The molecule has 5 heteroatoms. The fourth-order valence-corrected chi connectivity index (χ4v) is 1.38. The van der Waals surface area contributed by atoms with Crippen LogP contribution in [0.25, 0.3) is 0 Å². The topological polar surface area (TPSA) is 66.4 Å². The zero-order chi connectivity index (χ0) is 14.8. The van der Waals surface area contributed by atoms with Crippen LogP contribution in [0.4, 0.5) is 10.1 Å². The maximum Gasteiger partial charge on any atom is 0.335 e. The van der Waals surface area contributed by atoms with Crippen LogP contribution in [0.15, 0.2) is 18.2 Å². The molecular formula is C14H18FNO3. The van der Waals surface area contributed by atoms with E-state index in [0.717, 1.165) is 6.07 Å². The second-order valence-electron chi connectivity index (χ2n) is 5.58. The first-order chi connectivity index (χ1) is 8.62. The summed E-state index contributed by atoms with van der Waals surface area (Å²) in [7, 11) is 0. The molecule has 0 radical (unpaired) electrons. The van der Waals surface area contributed by atoms with Crippen molar-refractivity contribution in [3.05, 3.63) is 29.6 Å². The zero-order valence-electron chi connectivity index (χ0n) is 11.5. The maximum absolute atomic E-state index is 13.7. The third kappa shape index (κ3) is 3.77. The van der Waals surface area contributed by atoms with Crippen molar-refractivity contribution < 1.29 is 19.1 Å². The average molecular weight is 267 g/mol. The normalized spacial score (nSPS) is 12.9. The number of halogens is 1. The molecule has 1 atom stereocenters. The molecule has 0 aliphatic heterocycles. The molecule has 2 N–H and O–H groups in total. The molecule has 104 valence electrons. The highest BCUT2D eigenvalue weighted by Gasteiger charge is 2.27. The Kier molecular flexibility index (Phi) is 4.29. The molecule has 1 amide bonds. The summed E-state index contributed by atoms with van der Waals surface area (Å²) in [4.78, 5) is 22.6. The van der Waals surface area contributed by atoms with Gasteiger partial charge >= 0.3 is 5.97 Å². The molecule has 0 aliphatic carbocycles. The molecule has 1 aromatic rings. The SMILES string of the molecule is CC(C(=O)Nc1ccc(C(=O)O)cc1F)C(C)(C)C. The summed E-state index contributed by atoms with van der Waals surface area (Å²) in [5.41, 5.74) is -0.396. The Morgan fingerprint density at radius 3 is 2.32 bits per heavy atom. The van der Waals surface area contributed by atoms with Gasteiger partial charge in [0.05, 0.1) is 11.3 Å². The summed E-state index contributed by atoms with van der Waals surface area (Å²) in [5.74, 6) is -2.56. The van der Waals surface area contributed by atoms with Crippen molar-refractivity contribution in [2.75, 3.05) is 5.32 Å². The maximum atomic E-state index is 13.7. The van der Waals surface area contributed by atoms with Crippen LogP contribution in [0.2, 0.25) is 0 Å². The highest BCUT2D eigenvalue weighted by molar-refractivity contribution is 5.94. The number of anilines is 1. The highest BCUT2D eigenvalue weighted by atomic mass is 19.1. The summed E-state index contributed by atoms with van der Waals surface area (Å²) >= 11 is 0. The van der Waals surface area contributed by atoms with Crippen molar-refractivity contribution in [3.63, 3.8) is 0 Å². The minimum absolute atomic E-state index is 0.00824. The van der Waals surface area contributed by atoms with Gasteiger partial charge in [0, 0.05) is 5.92 Å². The van der Waals surface area contributed by atoms with Crippen molar-refractivity contribution in [3.8, 4) is 0 Å². The van der Waals surface area contributed by atoms with Crippen molar-refractivity contribution >= 4 is 17.6 Å². The summed E-state index contributed by atoms with van der Waals surface area (Å²) < 4.78 is 13.7. The van der Waals surface area contributed by atoms with E-state index in [4.69, 9.17) is 5.11 Å². The Bertz CT molecular complexity index is 506. The molecule has 0 fully saturated rings. The minimum atomic E-state index is -1.21. The first-order valence-corrected chi connectivity index (χ1v) is 5.96. The standard InChI is InChI=1S/C14H18FNO3/c1-8(14(2,3)4)12(17)16-11-6-5-9(13(18)19)7-10(11)15/h5-8H,1-4H3,(H,16,17)(H,18,19). The predicted octanol–water partition coefficient (Wildman–Crippen LogP) is 3.14. The van der Waals surface area contributed by atoms with Gasteiger partial charge in [0.15, 0.2) is 0 Å². The lowest BCUT2D eigenvalue weighted by atomic mass is 9.81. The van der Waals surface area contributed by atoms with E-state index in [0.29, 0.717) is 0 Å². The van der Waals surface area contributed by atoms with Gasteiger partial charge in [-0.05, 0) is 23.6 Å². The number of carbonyl (C=O) groups is 2. The van der Waals surface area contributed by atoms with Gasteiger partial charge in [-0.3, -0.25) is 4.79 Å². The molecule has 1 rings (SSSR count). The number of rotatable bonds is 3. The Hall–Kier alpha value is -1.91. The van der Waals surface area contributed by atoms with Crippen LogP contribution in [0.1, 0.15) is 38.1 Å². The number of carbonyl (C=O) groups excluding carboxylic acids is 1. The van der Waals surface area contributed by atoms with Gasteiger partial charge in [0.1, 0.15) is 5.82 Å². The molecule has 0 heterocycles. The van der Waals surface area contributed by atoms with E-state index in [2.05, 4.69) is 5.32 Å². The molecule has 1 unspecified atom stereocenters.